The van der Waals surface area contributed by atoms with Crippen molar-refractivity contribution < 1.29 is 4.79 Å². The van der Waals surface area contributed by atoms with Gasteiger partial charge in [-0.25, -0.2) is 0 Å². The number of nitrogens with one attached hydrogen (secondary N) is 1. The van der Waals surface area contributed by atoms with Crippen molar-refractivity contribution in [2.45, 2.75) is 43.8 Å². The molecular formula is C16H23N3OS. The highest BCUT2D eigenvalue weighted by atomic mass is 32.1. The van der Waals surface area contributed by atoms with Gasteiger partial charge in [-0.3, -0.25) is 10.1 Å². The predicted octanol–water partition coefficient (Wildman–Crippen LogP) is 2.20. The number of carbonyl (C=O) groups is 1. The lowest BCUT2D eigenvalue weighted by Crippen LogP contribution is -2.34. The van der Waals surface area contributed by atoms with Gasteiger partial charge < -0.3 is 9.80 Å². The molecule has 4 nitrogen and oxygen atoms in total. The molecule has 3 fully saturated rings. The van der Waals surface area contributed by atoms with Gasteiger partial charge in [0.15, 0.2) is 0 Å². The van der Waals surface area contributed by atoms with Gasteiger partial charge in [-0.1, -0.05) is 0 Å². The van der Waals surface area contributed by atoms with Gasteiger partial charge >= 0.3 is 0 Å². The summed E-state index contributed by atoms with van der Waals surface area (Å²) in [5, 5.41) is 7.86. The molecule has 5 heteroatoms. The van der Waals surface area contributed by atoms with Gasteiger partial charge in [0, 0.05) is 6.54 Å². The largest absolute Gasteiger partial charge is 0.321 e. The monoisotopic (exact) mass is 305 g/mol. The SMILES string of the molecule is O=C1N(CCCN2CCCC2)C(c2ccsc2)NC12CC2. The zero-order valence-electron chi connectivity index (χ0n) is 12.4. The number of hydrogen-bond acceptors (Lipinski definition) is 4. The highest BCUT2D eigenvalue weighted by Gasteiger charge is 2.59. The molecule has 1 unspecified atom stereocenters. The summed E-state index contributed by atoms with van der Waals surface area (Å²) in [7, 11) is 0. The van der Waals surface area contributed by atoms with E-state index in [1.165, 1.54) is 31.5 Å². The Balaban J connectivity index is 1.41. The lowest BCUT2D eigenvalue weighted by molar-refractivity contribution is -0.130. The molecule has 114 valence electrons. The molecule has 1 N–H and O–H groups in total. The summed E-state index contributed by atoms with van der Waals surface area (Å²) in [4.78, 5) is 17.3. The molecule has 1 amide bonds. The summed E-state index contributed by atoms with van der Waals surface area (Å²) < 4.78 is 0. The van der Waals surface area contributed by atoms with Gasteiger partial charge in [0.05, 0.1) is 0 Å². The number of amides is 1. The third-order valence-corrected chi connectivity index (χ3v) is 5.78. The number of thiophene rings is 1. The zero-order chi connectivity index (χ0) is 14.3. The molecule has 2 saturated heterocycles. The summed E-state index contributed by atoms with van der Waals surface area (Å²) in [6, 6.07) is 2.14. The van der Waals surface area contributed by atoms with Gasteiger partial charge in [0.2, 0.25) is 5.91 Å². The summed E-state index contributed by atoms with van der Waals surface area (Å²) >= 11 is 1.71. The first kappa shape index (κ1) is 13.7. The Morgan fingerprint density at radius 1 is 1.29 bits per heavy atom. The van der Waals surface area contributed by atoms with E-state index in [0.717, 1.165) is 32.4 Å². The van der Waals surface area contributed by atoms with Crippen LogP contribution in [0.4, 0.5) is 0 Å². The fourth-order valence-corrected chi connectivity index (χ4v) is 4.35. The van der Waals surface area contributed by atoms with Gasteiger partial charge in [-0.15, -0.1) is 0 Å². The summed E-state index contributed by atoms with van der Waals surface area (Å²) in [6.07, 6.45) is 5.88. The minimum absolute atomic E-state index is 0.102. The summed E-state index contributed by atoms with van der Waals surface area (Å²) in [6.45, 7) is 4.49. The Kier molecular flexibility index (Phi) is 3.52. The van der Waals surface area contributed by atoms with Crippen LogP contribution in [0.1, 0.15) is 43.8 Å². The molecule has 1 aliphatic carbocycles. The number of carbonyl (C=O) groups excluding carboxylic acids is 1. The molecule has 1 atom stereocenters. The molecular weight excluding hydrogens is 282 g/mol. The highest BCUT2D eigenvalue weighted by molar-refractivity contribution is 7.07. The Labute approximate surface area is 130 Å². The highest BCUT2D eigenvalue weighted by Crippen LogP contribution is 2.46. The summed E-state index contributed by atoms with van der Waals surface area (Å²) in [5.74, 6) is 0.333. The third-order valence-electron chi connectivity index (χ3n) is 5.08. The standard InChI is InChI=1S/C16H23N3OS/c20-15-16(5-6-16)17-14(13-4-11-21-12-13)19(15)10-3-9-18-7-1-2-8-18/h4,11-12,14,17H,1-3,5-10H2. The lowest BCUT2D eigenvalue weighted by atomic mass is 10.2. The molecule has 1 saturated carbocycles. The maximum atomic E-state index is 12.7. The average Bonchev–Trinajstić information content (AvgIpc) is 2.92. The van der Waals surface area contributed by atoms with E-state index in [9.17, 15) is 4.79 Å². The first-order valence-electron chi connectivity index (χ1n) is 8.12. The minimum atomic E-state index is -0.208. The minimum Gasteiger partial charge on any atom is -0.321 e. The molecule has 21 heavy (non-hydrogen) atoms. The van der Waals surface area contributed by atoms with Crippen molar-refractivity contribution in [1.29, 1.82) is 0 Å². The molecule has 0 bridgehead atoms. The van der Waals surface area contributed by atoms with Gasteiger partial charge in [-0.2, -0.15) is 11.3 Å². The second-order valence-corrected chi connectivity index (χ2v) is 7.37. The number of likely N-dealkylation sites (tertiary alicyclic amines) is 1. The van der Waals surface area contributed by atoms with Crippen LogP contribution < -0.4 is 5.32 Å². The van der Waals surface area contributed by atoms with Crippen LogP contribution >= 0.6 is 11.3 Å². The number of nitrogens with zero attached hydrogens (tertiary/aromatic N) is 2. The molecule has 0 aromatic carbocycles. The van der Waals surface area contributed by atoms with Crippen LogP contribution in [0, 0.1) is 0 Å². The van der Waals surface area contributed by atoms with Crippen molar-refractivity contribution in [2.75, 3.05) is 26.2 Å². The van der Waals surface area contributed by atoms with Crippen molar-refractivity contribution in [3.05, 3.63) is 22.4 Å². The van der Waals surface area contributed by atoms with Gasteiger partial charge in [0.1, 0.15) is 11.7 Å². The fraction of sp³-hybridized carbons (Fsp3) is 0.688. The molecule has 3 aliphatic rings. The van der Waals surface area contributed by atoms with Crippen molar-refractivity contribution in [1.82, 2.24) is 15.1 Å². The van der Waals surface area contributed by atoms with E-state index in [2.05, 4.69) is 31.9 Å². The van der Waals surface area contributed by atoms with Crippen LogP contribution in [0.3, 0.4) is 0 Å². The molecule has 4 rings (SSSR count). The van der Waals surface area contributed by atoms with E-state index in [-0.39, 0.29) is 11.7 Å². The normalized spacial score (nSPS) is 27.9. The van der Waals surface area contributed by atoms with E-state index in [4.69, 9.17) is 0 Å². The van der Waals surface area contributed by atoms with Crippen molar-refractivity contribution in [2.24, 2.45) is 0 Å². The van der Waals surface area contributed by atoms with Crippen molar-refractivity contribution in [3.63, 3.8) is 0 Å². The topological polar surface area (TPSA) is 35.6 Å². The number of hydrogen-bond donors (Lipinski definition) is 1. The van der Waals surface area contributed by atoms with E-state index >= 15 is 0 Å². The van der Waals surface area contributed by atoms with E-state index < -0.39 is 0 Å². The quantitative estimate of drug-likeness (QED) is 0.906. The Bertz CT molecular complexity index is 506. The lowest BCUT2D eigenvalue weighted by Gasteiger charge is -2.25. The van der Waals surface area contributed by atoms with E-state index in [1.807, 2.05) is 0 Å². The van der Waals surface area contributed by atoms with Crippen LogP contribution in [0.2, 0.25) is 0 Å². The molecule has 1 aromatic heterocycles. The Hall–Kier alpha value is -0.910. The van der Waals surface area contributed by atoms with Gasteiger partial charge in [-0.05, 0) is 74.1 Å². The van der Waals surface area contributed by atoms with Gasteiger partial charge in [0.25, 0.3) is 0 Å². The molecule has 2 aliphatic heterocycles. The van der Waals surface area contributed by atoms with Crippen molar-refractivity contribution >= 4 is 17.2 Å². The predicted molar refractivity (Wildman–Crippen MR) is 84.2 cm³/mol. The average molecular weight is 305 g/mol. The first-order valence-corrected chi connectivity index (χ1v) is 9.06. The maximum absolute atomic E-state index is 12.7. The first-order chi connectivity index (χ1) is 10.3. The third kappa shape index (κ3) is 2.51. The smallest absolute Gasteiger partial charge is 0.244 e. The Morgan fingerprint density at radius 3 is 2.76 bits per heavy atom. The molecule has 0 radical (unpaired) electrons. The van der Waals surface area contributed by atoms with Crippen molar-refractivity contribution in [3.8, 4) is 0 Å². The Morgan fingerprint density at radius 2 is 2.10 bits per heavy atom. The maximum Gasteiger partial charge on any atom is 0.244 e. The molecule has 1 spiro atoms. The zero-order valence-corrected chi connectivity index (χ0v) is 13.2. The van der Waals surface area contributed by atoms with Crippen LogP contribution in [-0.2, 0) is 4.79 Å². The van der Waals surface area contributed by atoms with Crippen LogP contribution in [0.15, 0.2) is 16.8 Å². The second-order valence-electron chi connectivity index (χ2n) is 6.59. The molecule has 3 heterocycles. The molecule has 1 aromatic rings. The van der Waals surface area contributed by atoms with E-state index in [0.29, 0.717) is 5.91 Å². The van der Waals surface area contributed by atoms with Crippen LogP contribution in [0.25, 0.3) is 0 Å². The fourth-order valence-electron chi connectivity index (χ4n) is 3.67. The number of rotatable bonds is 5. The second kappa shape index (κ2) is 5.38. The summed E-state index contributed by atoms with van der Waals surface area (Å²) in [5.41, 5.74) is 1.04. The van der Waals surface area contributed by atoms with Crippen LogP contribution in [-0.4, -0.2) is 47.4 Å². The van der Waals surface area contributed by atoms with Crippen LogP contribution in [0.5, 0.6) is 0 Å². The van der Waals surface area contributed by atoms with E-state index in [1.54, 1.807) is 11.3 Å².